The Balaban J connectivity index is 1.90. The number of amides is 1. The standard InChI is InChI=1S/C18H13F3N2OS/c1-11-7-8-15(25-11)16-14(6-3-9-22-16)17(24)23-13-5-2-4-12(10-13)18(19,20)21/h2-10H,1H3,(H,23,24). The highest BCUT2D eigenvalue weighted by Gasteiger charge is 2.30. The fraction of sp³-hybridized carbons (Fsp3) is 0.111. The fourth-order valence-corrected chi connectivity index (χ4v) is 3.20. The third kappa shape index (κ3) is 3.88. The normalized spacial score (nSPS) is 11.4. The molecule has 0 radical (unpaired) electrons. The van der Waals surface area contributed by atoms with E-state index in [4.69, 9.17) is 0 Å². The van der Waals surface area contributed by atoms with Gasteiger partial charge in [-0.25, -0.2) is 0 Å². The minimum atomic E-state index is -4.46. The first kappa shape index (κ1) is 17.2. The molecule has 2 aromatic heterocycles. The molecular formula is C18H13F3N2OS. The predicted octanol–water partition coefficient (Wildman–Crippen LogP) is 5.39. The minimum absolute atomic E-state index is 0.0805. The van der Waals surface area contributed by atoms with Crippen molar-refractivity contribution in [1.82, 2.24) is 4.98 Å². The molecule has 0 bridgehead atoms. The molecule has 0 spiro atoms. The van der Waals surface area contributed by atoms with Gasteiger partial charge in [0.2, 0.25) is 0 Å². The second-order valence-electron chi connectivity index (χ2n) is 5.34. The van der Waals surface area contributed by atoms with Crippen LogP contribution in [0.15, 0.2) is 54.7 Å². The Labute approximate surface area is 146 Å². The van der Waals surface area contributed by atoms with Gasteiger partial charge in [0, 0.05) is 16.8 Å². The van der Waals surface area contributed by atoms with Crippen molar-refractivity contribution in [2.24, 2.45) is 0 Å². The molecule has 0 unspecified atom stereocenters. The number of aryl methyl sites for hydroxylation is 1. The molecule has 0 aliphatic rings. The number of carbonyl (C=O) groups is 1. The summed E-state index contributed by atoms with van der Waals surface area (Å²) in [7, 11) is 0. The largest absolute Gasteiger partial charge is 0.416 e. The van der Waals surface area contributed by atoms with Crippen molar-refractivity contribution in [3.8, 4) is 10.6 Å². The van der Waals surface area contributed by atoms with Crippen molar-refractivity contribution in [2.45, 2.75) is 13.1 Å². The van der Waals surface area contributed by atoms with Gasteiger partial charge in [-0.2, -0.15) is 13.2 Å². The number of hydrogen-bond donors (Lipinski definition) is 1. The molecule has 1 amide bonds. The lowest BCUT2D eigenvalue weighted by atomic mass is 10.1. The van der Waals surface area contributed by atoms with Gasteiger partial charge in [-0.3, -0.25) is 9.78 Å². The first-order valence-electron chi connectivity index (χ1n) is 7.35. The van der Waals surface area contributed by atoms with Crippen LogP contribution >= 0.6 is 11.3 Å². The predicted molar refractivity (Wildman–Crippen MR) is 91.7 cm³/mol. The van der Waals surface area contributed by atoms with Crippen LogP contribution in [0.25, 0.3) is 10.6 Å². The van der Waals surface area contributed by atoms with E-state index in [0.29, 0.717) is 11.3 Å². The first-order valence-corrected chi connectivity index (χ1v) is 8.17. The number of benzene rings is 1. The maximum Gasteiger partial charge on any atom is 0.416 e. The Hall–Kier alpha value is -2.67. The quantitative estimate of drug-likeness (QED) is 0.679. The molecule has 7 heteroatoms. The number of alkyl halides is 3. The SMILES string of the molecule is Cc1ccc(-c2ncccc2C(=O)Nc2cccc(C(F)(F)F)c2)s1. The lowest BCUT2D eigenvalue weighted by Crippen LogP contribution is -2.14. The zero-order chi connectivity index (χ0) is 18.0. The minimum Gasteiger partial charge on any atom is -0.322 e. The lowest BCUT2D eigenvalue weighted by molar-refractivity contribution is -0.137. The van der Waals surface area contributed by atoms with Crippen LogP contribution in [-0.2, 0) is 6.18 Å². The smallest absolute Gasteiger partial charge is 0.322 e. The van der Waals surface area contributed by atoms with Gasteiger partial charge in [0.05, 0.1) is 21.7 Å². The Kier molecular flexibility index (Phi) is 4.59. The zero-order valence-corrected chi connectivity index (χ0v) is 13.9. The topological polar surface area (TPSA) is 42.0 Å². The maximum absolute atomic E-state index is 12.8. The summed E-state index contributed by atoms with van der Waals surface area (Å²) < 4.78 is 38.4. The van der Waals surface area contributed by atoms with E-state index >= 15 is 0 Å². The van der Waals surface area contributed by atoms with E-state index in [1.165, 1.54) is 23.5 Å². The maximum atomic E-state index is 12.8. The zero-order valence-electron chi connectivity index (χ0n) is 13.1. The second kappa shape index (κ2) is 6.68. The Bertz CT molecular complexity index is 918. The highest BCUT2D eigenvalue weighted by Crippen LogP contribution is 2.32. The number of hydrogen-bond acceptors (Lipinski definition) is 3. The van der Waals surface area contributed by atoms with Crippen LogP contribution in [0.1, 0.15) is 20.8 Å². The van der Waals surface area contributed by atoms with Gasteiger partial charge >= 0.3 is 6.18 Å². The van der Waals surface area contributed by atoms with E-state index in [0.717, 1.165) is 21.9 Å². The Morgan fingerprint density at radius 3 is 2.60 bits per heavy atom. The van der Waals surface area contributed by atoms with E-state index in [-0.39, 0.29) is 5.69 Å². The van der Waals surface area contributed by atoms with E-state index in [9.17, 15) is 18.0 Å². The van der Waals surface area contributed by atoms with Crippen LogP contribution < -0.4 is 5.32 Å². The van der Waals surface area contributed by atoms with Gasteiger partial charge in [-0.1, -0.05) is 6.07 Å². The molecule has 0 fully saturated rings. The van der Waals surface area contributed by atoms with Crippen molar-refractivity contribution in [3.63, 3.8) is 0 Å². The average Bonchev–Trinajstić information content (AvgIpc) is 3.01. The molecule has 25 heavy (non-hydrogen) atoms. The number of pyridine rings is 1. The van der Waals surface area contributed by atoms with Crippen LogP contribution in [-0.4, -0.2) is 10.9 Å². The lowest BCUT2D eigenvalue weighted by Gasteiger charge is -2.11. The van der Waals surface area contributed by atoms with Crippen molar-refractivity contribution in [3.05, 3.63) is 70.7 Å². The van der Waals surface area contributed by atoms with Crippen LogP contribution in [0.5, 0.6) is 0 Å². The van der Waals surface area contributed by atoms with Crippen molar-refractivity contribution < 1.29 is 18.0 Å². The highest BCUT2D eigenvalue weighted by atomic mass is 32.1. The number of halogens is 3. The highest BCUT2D eigenvalue weighted by molar-refractivity contribution is 7.15. The van der Waals surface area contributed by atoms with E-state index in [1.54, 1.807) is 18.3 Å². The molecule has 3 aromatic rings. The van der Waals surface area contributed by atoms with Crippen LogP contribution in [0.3, 0.4) is 0 Å². The number of carbonyl (C=O) groups excluding carboxylic acids is 1. The molecule has 1 aromatic carbocycles. The number of nitrogens with zero attached hydrogens (tertiary/aromatic N) is 1. The number of rotatable bonds is 3. The molecule has 0 saturated carbocycles. The third-order valence-corrected chi connectivity index (χ3v) is 4.48. The summed E-state index contributed by atoms with van der Waals surface area (Å²) >= 11 is 1.49. The molecule has 2 heterocycles. The monoisotopic (exact) mass is 362 g/mol. The van der Waals surface area contributed by atoms with E-state index < -0.39 is 17.6 Å². The summed E-state index contributed by atoms with van der Waals surface area (Å²) in [6, 6.07) is 11.5. The van der Waals surface area contributed by atoms with E-state index in [1.807, 2.05) is 19.1 Å². The van der Waals surface area contributed by atoms with Crippen LogP contribution in [0.2, 0.25) is 0 Å². The summed E-state index contributed by atoms with van der Waals surface area (Å²) in [5, 5.41) is 2.51. The van der Waals surface area contributed by atoms with Crippen molar-refractivity contribution in [2.75, 3.05) is 5.32 Å². The summed E-state index contributed by atoms with van der Waals surface area (Å²) in [4.78, 5) is 18.7. The first-order chi connectivity index (χ1) is 11.8. The summed E-state index contributed by atoms with van der Waals surface area (Å²) in [5.74, 6) is -0.506. The molecule has 3 rings (SSSR count). The van der Waals surface area contributed by atoms with Gasteiger partial charge in [0.1, 0.15) is 0 Å². The summed E-state index contributed by atoms with van der Waals surface area (Å²) in [6.45, 7) is 1.94. The van der Waals surface area contributed by atoms with Gasteiger partial charge < -0.3 is 5.32 Å². The number of aromatic nitrogens is 1. The van der Waals surface area contributed by atoms with Crippen molar-refractivity contribution >= 4 is 22.9 Å². The third-order valence-electron chi connectivity index (χ3n) is 3.47. The number of nitrogens with one attached hydrogen (secondary N) is 1. The molecule has 128 valence electrons. The molecule has 0 saturated heterocycles. The Morgan fingerprint density at radius 1 is 1.12 bits per heavy atom. The molecule has 0 atom stereocenters. The molecular weight excluding hydrogens is 349 g/mol. The van der Waals surface area contributed by atoms with Gasteiger partial charge in [0.15, 0.2) is 0 Å². The van der Waals surface area contributed by atoms with Crippen LogP contribution in [0.4, 0.5) is 18.9 Å². The fourth-order valence-electron chi connectivity index (χ4n) is 2.32. The second-order valence-corrected chi connectivity index (χ2v) is 6.63. The average molecular weight is 362 g/mol. The molecule has 3 nitrogen and oxygen atoms in total. The van der Waals surface area contributed by atoms with Crippen LogP contribution in [0, 0.1) is 6.92 Å². The molecule has 0 aliphatic heterocycles. The van der Waals surface area contributed by atoms with Gasteiger partial charge in [0.25, 0.3) is 5.91 Å². The molecule has 0 aliphatic carbocycles. The number of thiophene rings is 1. The summed E-state index contributed by atoms with van der Waals surface area (Å²) in [5.41, 5.74) is 0.0782. The van der Waals surface area contributed by atoms with Gasteiger partial charge in [-0.05, 0) is 49.4 Å². The number of anilines is 1. The molecule has 1 N–H and O–H groups in total. The van der Waals surface area contributed by atoms with E-state index in [2.05, 4.69) is 10.3 Å². The van der Waals surface area contributed by atoms with Gasteiger partial charge in [-0.15, -0.1) is 11.3 Å². The van der Waals surface area contributed by atoms with Crippen molar-refractivity contribution in [1.29, 1.82) is 0 Å². The Morgan fingerprint density at radius 2 is 1.92 bits per heavy atom. The summed E-state index contributed by atoms with van der Waals surface area (Å²) in [6.07, 6.45) is -2.89.